The van der Waals surface area contributed by atoms with Gasteiger partial charge in [0.15, 0.2) is 18.1 Å². The fourth-order valence-corrected chi connectivity index (χ4v) is 4.42. The lowest BCUT2D eigenvalue weighted by molar-refractivity contribution is -0.134. The van der Waals surface area contributed by atoms with Gasteiger partial charge in [-0.1, -0.05) is 30.3 Å². The summed E-state index contributed by atoms with van der Waals surface area (Å²) < 4.78 is 22.0. The first-order chi connectivity index (χ1) is 17.1. The number of carbonyl (C=O) groups excluding carboxylic acids is 1. The highest BCUT2D eigenvalue weighted by Gasteiger charge is 2.23. The average molecular weight is 472 g/mol. The molecule has 5 rings (SSSR count). The van der Waals surface area contributed by atoms with Gasteiger partial charge in [-0.25, -0.2) is 4.79 Å². The van der Waals surface area contributed by atoms with Gasteiger partial charge in [0.05, 0.1) is 14.2 Å². The average Bonchev–Trinajstić information content (AvgIpc) is 2.90. The number of benzene rings is 3. The summed E-state index contributed by atoms with van der Waals surface area (Å²) in [5.41, 5.74) is 3.86. The summed E-state index contributed by atoms with van der Waals surface area (Å²) in [4.78, 5) is 26.8. The van der Waals surface area contributed by atoms with E-state index in [0.717, 1.165) is 34.1 Å². The Hall–Kier alpha value is -4.26. The highest BCUT2D eigenvalue weighted by molar-refractivity contribution is 5.93. The predicted molar refractivity (Wildman–Crippen MR) is 132 cm³/mol. The van der Waals surface area contributed by atoms with Gasteiger partial charge >= 0.3 is 5.63 Å². The Balaban J connectivity index is 1.31. The van der Waals surface area contributed by atoms with Crippen LogP contribution in [-0.4, -0.2) is 38.2 Å². The van der Waals surface area contributed by atoms with Crippen molar-refractivity contribution in [3.05, 3.63) is 88.3 Å². The highest BCUT2D eigenvalue weighted by Crippen LogP contribution is 2.33. The van der Waals surface area contributed by atoms with Crippen LogP contribution >= 0.6 is 0 Å². The Labute approximate surface area is 202 Å². The third-order valence-corrected chi connectivity index (χ3v) is 6.23. The van der Waals surface area contributed by atoms with E-state index in [1.54, 1.807) is 31.3 Å². The number of fused-ring (bicyclic) bond motifs is 2. The molecule has 1 amide bonds. The van der Waals surface area contributed by atoms with Crippen molar-refractivity contribution in [3.63, 3.8) is 0 Å². The Morgan fingerprint density at radius 3 is 2.43 bits per heavy atom. The van der Waals surface area contributed by atoms with Crippen molar-refractivity contribution in [2.75, 3.05) is 27.4 Å². The molecule has 0 saturated carbocycles. The van der Waals surface area contributed by atoms with Gasteiger partial charge in [-0.15, -0.1) is 0 Å². The molecule has 0 fully saturated rings. The number of amides is 1. The van der Waals surface area contributed by atoms with Gasteiger partial charge < -0.3 is 23.5 Å². The zero-order valence-corrected chi connectivity index (χ0v) is 19.6. The van der Waals surface area contributed by atoms with Crippen LogP contribution in [0.1, 0.15) is 11.1 Å². The smallest absolute Gasteiger partial charge is 0.336 e. The highest BCUT2D eigenvalue weighted by atomic mass is 16.5. The zero-order valence-electron chi connectivity index (χ0n) is 19.6. The zero-order chi connectivity index (χ0) is 24.4. The maximum Gasteiger partial charge on any atom is 0.336 e. The largest absolute Gasteiger partial charge is 0.493 e. The number of ether oxygens (including phenoxy) is 3. The molecule has 0 aliphatic carbocycles. The standard InChI is InChI=1S/C28H25NO6/c1-32-25-12-19-10-11-29(16-20(19)13-26(25)33-2)27(30)17-34-21-8-9-22-23(18-6-4-3-5-7-18)15-28(31)35-24(22)14-21/h3-9,12-15H,10-11,16-17H2,1-2H3. The van der Waals surface area contributed by atoms with E-state index in [-0.39, 0.29) is 12.5 Å². The molecular weight excluding hydrogens is 446 g/mol. The Morgan fingerprint density at radius 2 is 1.69 bits per heavy atom. The molecule has 7 heteroatoms. The van der Waals surface area contributed by atoms with Crippen molar-refractivity contribution in [1.29, 1.82) is 0 Å². The summed E-state index contributed by atoms with van der Waals surface area (Å²) in [7, 11) is 3.21. The summed E-state index contributed by atoms with van der Waals surface area (Å²) in [6.45, 7) is 0.958. The van der Waals surface area contributed by atoms with E-state index in [1.807, 2.05) is 48.5 Å². The Morgan fingerprint density at radius 1 is 0.943 bits per heavy atom. The molecule has 3 aromatic carbocycles. The van der Waals surface area contributed by atoms with Gasteiger partial charge in [-0.2, -0.15) is 0 Å². The summed E-state index contributed by atoms with van der Waals surface area (Å²) in [5, 5.41) is 0.798. The van der Waals surface area contributed by atoms with Crippen LogP contribution in [0.5, 0.6) is 17.2 Å². The molecule has 2 heterocycles. The van der Waals surface area contributed by atoms with Crippen molar-refractivity contribution in [3.8, 4) is 28.4 Å². The molecule has 4 aromatic rings. The van der Waals surface area contributed by atoms with E-state index in [1.165, 1.54) is 6.07 Å². The van der Waals surface area contributed by atoms with Crippen molar-refractivity contribution in [1.82, 2.24) is 4.90 Å². The van der Waals surface area contributed by atoms with Crippen LogP contribution in [-0.2, 0) is 17.8 Å². The third-order valence-electron chi connectivity index (χ3n) is 6.23. The van der Waals surface area contributed by atoms with E-state index in [4.69, 9.17) is 18.6 Å². The topological polar surface area (TPSA) is 78.2 Å². The molecule has 0 saturated heterocycles. The normalized spacial score (nSPS) is 12.8. The lowest BCUT2D eigenvalue weighted by Crippen LogP contribution is -2.38. The molecule has 178 valence electrons. The molecule has 35 heavy (non-hydrogen) atoms. The van der Waals surface area contributed by atoms with E-state index in [0.29, 0.717) is 35.9 Å². The van der Waals surface area contributed by atoms with Gasteiger partial charge in [-0.3, -0.25) is 4.79 Å². The van der Waals surface area contributed by atoms with E-state index in [9.17, 15) is 9.59 Å². The van der Waals surface area contributed by atoms with Gasteiger partial charge in [0.25, 0.3) is 5.91 Å². The predicted octanol–water partition coefficient (Wildman–Crippen LogP) is 4.44. The third kappa shape index (κ3) is 4.57. The van der Waals surface area contributed by atoms with Crippen molar-refractivity contribution < 1.29 is 23.4 Å². The minimum Gasteiger partial charge on any atom is -0.493 e. The number of carbonyl (C=O) groups is 1. The summed E-state index contributed by atoms with van der Waals surface area (Å²) in [6, 6.07) is 20.3. The maximum atomic E-state index is 12.9. The Kier molecular flexibility index (Phi) is 6.14. The molecule has 1 aromatic heterocycles. The molecule has 0 atom stereocenters. The molecule has 0 radical (unpaired) electrons. The SMILES string of the molecule is COc1cc2c(cc1OC)CN(C(=O)COc1ccc3c(-c4ccccc4)cc(=O)oc3c1)CC2. The molecule has 1 aliphatic rings. The van der Waals surface area contributed by atoms with Crippen LogP contribution in [0.4, 0.5) is 0 Å². The van der Waals surface area contributed by atoms with Crippen molar-refractivity contribution >= 4 is 16.9 Å². The maximum absolute atomic E-state index is 12.9. The fraction of sp³-hybridized carbons (Fsp3) is 0.214. The lowest BCUT2D eigenvalue weighted by atomic mass is 9.99. The lowest BCUT2D eigenvalue weighted by Gasteiger charge is -2.29. The first-order valence-electron chi connectivity index (χ1n) is 11.3. The second-order valence-corrected chi connectivity index (χ2v) is 8.33. The fourth-order valence-electron chi connectivity index (χ4n) is 4.42. The summed E-state index contributed by atoms with van der Waals surface area (Å²) in [6.07, 6.45) is 0.727. The van der Waals surface area contributed by atoms with Crippen LogP contribution in [0.3, 0.4) is 0 Å². The minimum atomic E-state index is -0.441. The minimum absolute atomic E-state index is 0.114. The first kappa shape index (κ1) is 22.5. The van der Waals surface area contributed by atoms with Crippen LogP contribution in [0.25, 0.3) is 22.1 Å². The van der Waals surface area contributed by atoms with Crippen molar-refractivity contribution in [2.45, 2.75) is 13.0 Å². The first-order valence-corrected chi connectivity index (χ1v) is 11.3. The Bertz CT molecular complexity index is 1440. The van der Waals surface area contributed by atoms with E-state index >= 15 is 0 Å². The van der Waals surface area contributed by atoms with E-state index < -0.39 is 5.63 Å². The second kappa shape index (κ2) is 9.54. The quantitative estimate of drug-likeness (QED) is 0.387. The number of hydrogen-bond acceptors (Lipinski definition) is 6. The van der Waals surface area contributed by atoms with Gasteiger partial charge in [0.2, 0.25) is 0 Å². The molecule has 1 aliphatic heterocycles. The second-order valence-electron chi connectivity index (χ2n) is 8.33. The summed E-state index contributed by atoms with van der Waals surface area (Å²) in [5.74, 6) is 1.67. The number of nitrogens with zero attached hydrogens (tertiary/aromatic N) is 1. The number of hydrogen-bond donors (Lipinski definition) is 0. The summed E-state index contributed by atoms with van der Waals surface area (Å²) >= 11 is 0. The van der Waals surface area contributed by atoms with Crippen LogP contribution in [0.2, 0.25) is 0 Å². The number of rotatable bonds is 6. The van der Waals surface area contributed by atoms with Gasteiger partial charge in [0.1, 0.15) is 11.3 Å². The van der Waals surface area contributed by atoms with Crippen LogP contribution in [0.15, 0.2) is 75.9 Å². The monoisotopic (exact) mass is 471 g/mol. The molecule has 0 N–H and O–H groups in total. The molecule has 0 spiro atoms. The molecular formula is C28H25NO6. The van der Waals surface area contributed by atoms with Crippen LogP contribution in [0, 0.1) is 0 Å². The van der Waals surface area contributed by atoms with Gasteiger partial charge in [0, 0.05) is 30.6 Å². The molecule has 0 unspecified atom stereocenters. The van der Waals surface area contributed by atoms with Crippen molar-refractivity contribution in [2.24, 2.45) is 0 Å². The molecule has 0 bridgehead atoms. The molecule has 7 nitrogen and oxygen atoms in total. The van der Waals surface area contributed by atoms with E-state index in [2.05, 4.69) is 0 Å². The number of methoxy groups -OCH3 is 2. The van der Waals surface area contributed by atoms with Gasteiger partial charge in [-0.05, 0) is 52.9 Å². The van der Waals surface area contributed by atoms with Crippen LogP contribution < -0.4 is 19.8 Å².